The minimum Gasteiger partial charge on any atom is -0.478 e. The van der Waals surface area contributed by atoms with E-state index in [4.69, 9.17) is 5.11 Å². The molecule has 1 aliphatic heterocycles. The van der Waals surface area contributed by atoms with Crippen LogP contribution >= 0.6 is 0 Å². The van der Waals surface area contributed by atoms with Crippen molar-refractivity contribution in [1.82, 2.24) is 9.55 Å². The van der Waals surface area contributed by atoms with Gasteiger partial charge in [0.25, 0.3) is 5.56 Å². The molecule has 0 spiro atoms. The van der Waals surface area contributed by atoms with Gasteiger partial charge in [0.05, 0.1) is 22.0 Å². The van der Waals surface area contributed by atoms with Gasteiger partial charge in [-0.1, -0.05) is 12.1 Å². The summed E-state index contributed by atoms with van der Waals surface area (Å²) in [5.74, 6) is -0.704. The molecular weight excluding hydrogens is 373 g/mol. The summed E-state index contributed by atoms with van der Waals surface area (Å²) < 4.78 is 40.4. The van der Waals surface area contributed by atoms with Gasteiger partial charge in [-0.15, -0.1) is 0 Å². The number of carboxylic acid groups (broad SMARTS) is 1. The number of allylic oxidation sites excluding steroid dienone is 1. The molecule has 0 unspecified atom stereocenters. The fraction of sp³-hybridized carbons (Fsp3) is 0.150. The number of carbonyl (C=O) groups is 1. The second-order valence-corrected chi connectivity index (χ2v) is 6.47. The molecule has 0 radical (unpaired) electrons. The van der Waals surface area contributed by atoms with Crippen LogP contribution in [-0.4, -0.2) is 20.6 Å². The number of halogens is 3. The monoisotopic (exact) mass is 386 g/mol. The van der Waals surface area contributed by atoms with E-state index >= 15 is 0 Å². The molecular formula is C20H13F3N2O3. The van der Waals surface area contributed by atoms with Crippen LogP contribution in [0.1, 0.15) is 33.7 Å². The molecule has 0 saturated heterocycles. The topological polar surface area (TPSA) is 72.2 Å². The number of aromatic carboxylic acids is 1. The minimum atomic E-state index is -4.52. The second kappa shape index (κ2) is 6.33. The predicted molar refractivity (Wildman–Crippen MR) is 96.9 cm³/mol. The first kappa shape index (κ1) is 18.0. The quantitative estimate of drug-likeness (QED) is 0.721. The molecule has 8 heteroatoms. The van der Waals surface area contributed by atoms with E-state index < -0.39 is 17.7 Å². The highest BCUT2D eigenvalue weighted by Gasteiger charge is 2.31. The zero-order valence-electron chi connectivity index (χ0n) is 14.3. The third-order valence-electron chi connectivity index (χ3n) is 4.67. The number of carboxylic acids is 1. The van der Waals surface area contributed by atoms with Gasteiger partial charge in [0.2, 0.25) is 0 Å². The third kappa shape index (κ3) is 3.06. The Balaban J connectivity index is 1.82. The summed E-state index contributed by atoms with van der Waals surface area (Å²) in [5, 5.41) is 9.10. The average Bonchev–Trinajstić information content (AvgIpc) is 3.04. The Morgan fingerprint density at radius 1 is 1.14 bits per heavy atom. The Hall–Kier alpha value is -3.42. The summed E-state index contributed by atoms with van der Waals surface area (Å²) in [7, 11) is 0. The zero-order valence-corrected chi connectivity index (χ0v) is 14.3. The van der Waals surface area contributed by atoms with E-state index in [0.717, 1.165) is 18.2 Å². The lowest BCUT2D eigenvalue weighted by atomic mass is 10.1. The van der Waals surface area contributed by atoms with Crippen LogP contribution in [0.5, 0.6) is 0 Å². The molecule has 3 aromatic rings. The van der Waals surface area contributed by atoms with E-state index in [0.29, 0.717) is 29.9 Å². The zero-order chi connectivity index (χ0) is 20.1. The maximum Gasteiger partial charge on any atom is 0.416 e. The van der Waals surface area contributed by atoms with Crippen molar-refractivity contribution in [2.45, 2.75) is 19.1 Å². The first-order chi connectivity index (χ1) is 13.2. The summed E-state index contributed by atoms with van der Waals surface area (Å²) in [6, 6.07) is 9.09. The highest BCUT2D eigenvalue weighted by molar-refractivity contribution is 5.89. The third-order valence-corrected chi connectivity index (χ3v) is 4.67. The second-order valence-electron chi connectivity index (χ2n) is 6.47. The van der Waals surface area contributed by atoms with Gasteiger partial charge in [0.15, 0.2) is 0 Å². The fourth-order valence-corrected chi connectivity index (χ4v) is 3.25. The van der Waals surface area contributed by atoms with E-state index in [2.05, 4.69) is 4.98 Å². The van der Waals surface area contributed by atoms with Crippen LogP contribution in [-0.2, 0) is 12.7 Å². The van der Waals surface area contributed by atoms with Crippen molar-refractivity contribution in [3.63, 3.8) is 0 Å². The highest BCUT2D eigenvalue weighted by atomic mass is 19.4. The minimum absolute atomic E-state index is 0.0000927. The van der Waals surface area contributed by atoms with Crippen molar-refractivity contribution in [3.8, 4) is 0 Å². The van der Waals surface area contributed by atoms with Crippen molar-refractivity contribution in [2.24, 2.45) is 0 Å². The summed E-state index contributed by atoms with van der Waals surface area (Å²) in [4.78, 5) is 27.9. The van der Waals surface area contributed by atoms with Gasteiger partial charge >= 0.3 is 12.1 Å². The standard InChI is InChI=1S/C20H13F3N2O3/c21-20(22,23)14-5-6-15-16(10-14)24-17-13(7-8-25(17)18(15)26)9-11-1-3-12(4-2-11)19(27)28/h1-6,9-10H,7-8H2,(H,27,28). The Kier molecular flexibility index (Phi) is 4.06. The van der Waals surface area contributed by atoms with Crippen LogP contribution in [0.25, 0.3) is 22.6 Å². The van der Waals surface area contributed by atoms with E-state index in [9.17, 15) is 22.8 Å². The summed E-state index contributed by atoms with van der Waals surface area (Å²) in [6.07, 6.45) is -2.25. The highest BCUT2D eigenvalue weighted by Crippen LogP contribution is 2.32. The van der Waals surface area contributed by atoms with Gasteiger partial charge in [0, 0.05) is 6.54 Å². The number of benzene rings is 2. The van der Waals surface area contributed by atoms with Gasteiger partial charge in [-0.3, -0.25) is 9.36 Å². The average molecular weight is 386 g/mol. The molecule has 142 valence electrons. The van der Waals surface area contributed by atoms with E-state index in [1.807, 2.05) is 0 Å². The lowest BCUT2D eigenvalue weighted by Crippen LogP contribution is -2.21. The molecule has 1 N–H and O–H groups in total. The number of alkyl halides is 3. The largest absolute Gasteiger partial charge is 0.478 e. The van der Waals surface area contributed by atoms with Gasteiger partial charge in [-0.25, -0.2) is 9.78 Å². The van der Waals surface area contributed by atoms with E-state index in [1.54, 1.807) is 18.2 Å². The molecule has 0 bridgehead atoms. The van der Waals surface area contributed by atoms with Crippen molar-refractivity contribution in [1.29, 1.82) is 0 Å². The summed E-state index contributed by atoms with van der Waals surface area (Å²) >= 11 is 0. The van der Waals surface area contributed by atoms with Crippen LogP contribution in [0, 0.1) is 0 Å². The lowest BCUT2D eigenvalue weighted by molar-refractivity contribution is -0.137. The molecule has 0 aliphatic carbocycles. The molecule has 0 fully saturated rings. The Morgan fingerprint density at radius 3 is 2.50 bits per heavy atom. The molecule has 4 rings (SSSR count). The number of rotatable bonds is 2. The van der Waals surface area contributed by atoms with Crippen LogP contribution in [0.4, 0.5) is 13.2 Å². The van der Waals surface area contributed by atoms with Gasteiger partial charge < -0.3 is 5.11 Å². The van der Waals surface area contributed by atoms with Crippen LogP contribution in [0.3, 0.4) is 0 Å². The first-order valence-electron chi connectivity index (χ1n) is 8.40. The maximum absolute atomic E-state index is 13.0. The van der Waals surface area contributed by atoms with E-state index in [1.165, 1.54) is 16.7 Å². The molecule has 2 aromatic carbocycles. The maximum atomic E-state index is 13.0. The van der Waals surface area contributed by atoms with Crippen LogP contribution < -0.4 is 5.56 Å². The molecule has 0 amide bonds. The Bertz CT molecular complexity index is 1190. The summed E-state index contributed by atoms with van der Waals surface area (Å²) in [5.41, 5.74) is 0.336. The fourth-order valence-electron chi connectivity index (χ4n) is 3.25. The lowest BCUT2D eigenvalue weighted by Gasteiger charge is -2.09. The predicted octanol–water partition coefficient (Wildman–Crippen LogP) is 4.06. The molecule has 2 heterocycles. The number of hydrogen-bond donors (Lipinski definition) is 1. The van der Waals surface area contributed by atoms with Crippen molar-refractivity contribution in [3.05, 3.63) is 75.3 Å². The number of fused-ring (bicyclic) bond motifs is 2. The smallest absolute Gasteiger partial charge is 0.416 e. The number of hydrogen-bond acceptors (Lipinski definition) is 3. The molecule has 5 nitrogen and oxygen atoms in total. The normalized spacial score (nSPS) is 15.2. The van der Waals surface area contributed by atoms with Gasteiger partial charge in [0.1, 0.15) is 5.82 Å². The van der Waals surface area contributed by atoms with Crippen LogP contribution in [0.2, 0.25) is 0 Å². The van der Waals surface area contributed by atoms with Crippen molar-refractivity contribution in [2.75, 3.05) is 0 Å². The first-order valence-corrected chi connectivity index (χ1v) is 8.40. The Labute approximate surface area is 156 Å². The molecule has 0 atom stereocenters. The van der Waals surface area contributed by atoms with Gasteiger partial charge in [-0.05, 0) is 54.0 Å². The molecule has 1 aromatic heterocycles. The van der Waals surface area contributed by atoms with E-state index in [-0.39, 0.29) is 22.0 Å². The van der Waals surface area contributed by atoms with Gasteiger partial charge in [-0.2, -0.15) is 13.2 Å². The number of nitrogens with zero attached hydrogens (tertiary/aromatic N) is 2. The SMILES string of the molecule is O=C(O)c1ccc(C=C2CCn3c2nc2cc(C(F)(F)F)ccc2c3=O)cc1. The molecule has 28 heavy (non-hydrogen) atoms. The molecule has 0 saturated carbocycles. The summed E-state index contributed by atoms with van der Waals surface area (Å²) in [6.45, 7) is 0.386. The molecule has 1 aliphatic rings. The van der Waals surface area contributed by atoms with Crippen LogP contribution in [0.15, 0.2) is 47.3 Å². The van der Waals surface area contributed by atoms with Crippen molar-refractivity contribution >= 4 is 28.5 Å². The Morgan fingerprint density at radius 2 is 1.86 bits per heavy atom. The van der Waals surface area contributed by atoms with Crippen molar-refractivity contribution < 1.29 is 23.1 Å². The number of aromatic nitrogens is 2.